The predicted molar refractivity (Wildman–Crippen MR) is 422 cm³/mol. The number of nitrogens with zero attached hydrogens (tertiary/aromatic N) is 4. The van der Waals surface area contributed by atoms with Crippen LogP contribution < -0.4 is 19.6 Å². The number of rotatable bonds is 14. The van der Waals surface area contributed by atoms with Crippen LogP contribution in [0.3, 0.4) is 0 Å². The van der Waals surface area contributed by atoms with Gasteiger partial charge in [-0.25, -0.2) is 0 Å². The molecular weight excluding hydrogens is 1210 g/mol. The Bertz CT molecular complexity index is 5060. The highest BCUT2D eigenvalue weighted by molar-refractivity contribution is 5.93. The van der Waals surface area contributed by atoms with E-state index < -0.39 is 0 Å². The molecule has 4 heteroatoms. The second-order valence-corrected chi connectivity index (χ2v) is 27.4. The predicted octanol–water partition coefficient (Wildman–Crippen LogP) is 26.8. The summed E-state index contributed by atoms with van der Waals surface area (Å²) in [4.78, 5) is 9.63. The molecular formula is C96H74N4. The molecule has 2 aliphatic heterocycles. The van der Waals surface area contributed by atoms with Gasteiger partial charge in [-0.15, -0.1) is 0 Å². The fourth-order valence-corrected chi connectivity index (χ4v) is 15.3. The third-order valence-electron chi connectivity index (χ3n) is 20.6. The van der Waals surface area contributed by atoms with E-state index in [0.29, 0.717) is 0 Å². The highest BCUT2D eigenvalue weighted by Gasteiger charge is 2.39. The maximum atomic E-state index is 2.46. The summed E-state index contributed by atoms with van der Waals surface area (Å²) in [5, 5.41) is 0. The van der Waals surface area contributed by atoms with E-state index >= 15 is 0 Å². The topological polar surface area (TPSA) is 13.0 Å². The van der Waals surface area contributed by atoms with E-state index in [1.54, 1.807) is 0 Å². The van der Waals surface area contributed by atoms with Crippen molar-refractivity contribution in [2.45, 2.75) is 38.5 Å². The molecule has 2 aliphatic rings. The Morgan fingerprint density at radius 1 is 0.180 bits per heavy atom. The molecule has 0 bridgehead atoms. The molecule has 0 aliphatic carbocycles. The summed E-state index contributed by atoms with van der Waals surface area (Å²) in [6.07, 6.45) is 0. The Kier molecular flexibility index (Phi) is 15.6. The first-order valence-electron chi connectivity index (χ1n) is 34.7. The van der Waals surface area contributed by atoms with Crippen molar-refractivity contribution in [1.29, 1.82) is 0 Å². The standard InChI is InChI=1S/C96H74N4/c1-95(2)87-63-75(69-27-15-7-16-28-69)43-59-91(87)99(85-51-35-71(36-52-85)67-23-11-5-12-24-67)93-61-45-77(65-89(93)95)73-39-47-81(48-40-73)97(79-31-19-9-20-32-79)83-55-57-84(58-56-83)98(80-33-21-10-22-34-80)82-49-41-74(42-50-82)78-46-62-94-90(66-78)96(3,4)88-64-76(70-29-17-8-18-30-70)44-60-92(88)100(94)86-53-37-72(38-54-86)68-25-13-6-14-26-68/h5-66H,1-4H3. The van der Waals surface area contributed by atoms with E-state index in [4.69, 9.17) is 0 Å². The van der Waals surface area contributed by atoms with E-state index in [0.717, 1.165) is 56.6 Å². The Morgan fingerprint density at radius 3 is 0.620 bits per heavy atom. The summed E-state index contributed by atoms with van der Waals surface area (Å²) in [6.45, 7) is 9.55. The van der Waals surface area contributed by atoms with Crippen molar-refractivity contribution >= 4 is 68.2 Å². The number of anilines is 12. The van der Waals surface area contributed by atoms with Crippen molar-refractivity contribution in [1.82, 2.24) is 0 Å². The smallest absolute Gasteiger partial charge is 0.0503 e. The van der Waals surface area contributed by atoms with Gasteiger partial charge in [0.05, 0.1) is 22.7 Å². The van der Waals surface area contributed by atoms with Crippen LogP contribution in [0.15, 0.2) is 376 Å². The lowest BCUT2D eigenvalue weighted by molar-refractivity contribution is 0.632. The van der Waals surface area contributed by atoms with Crippen LogP contribution in [0, 0.1) is 0 Å². The van der Waals surface area contributed by atoms with Crippen LogP contribution in [-0.4, -0.2) is 0 Å². The largest absolute Gasteiger partial charge is 0.311 e. The van der Waals surface area contributed by atoms with Gasteiger partial charge in [-0.3, -0.25) is 0 Å². The molecule has 0 amide bonds. The molecule has 2 heterocycles. The average molecular weight is 1280 g/mol. The monoisotopic (exact) mass is 1280 g/mol. The molecule has 100 heavy (non-hydrogen) atoms. The molecule has 0 saturated carbocycles. The van der Waals surface area contributed by atoms with Gasteiger partial charge in [-0.1, -0.05) is 258 Å². The minimum absolute atomic E-state index is 0.313. The second kappa shape index (κ2) is 25.5. The van der Waals surface area contributed by atoms with Gasteiger partial charge < -0.3 is 19.6 Å². The third kappa shape index (κ3) is 11.2. The van der Waals surface area contributed by atoms with Gasteiger partial charge in [0.15, 0.2) is 0 Å². The summed E-state index contributed by atoms with van der Waals surface area (Å²) in [5.41, 5.74) is 32.3. The van der Waals surface area contributed by atoms with Gasteiger partial charge in [-0.05, 0) is 235 Å². The lowest BCUT2D eigenvalue weighted by Crippen LogP contribution is -2.30. The van der Waals surface area contributed by atoms with Gasteiger partial charge >= 0.3 is 0 Å². The highest BCUT2D eigenvalue weighted by atomic mass is 15.2. The molecule has 0 aromatic heterocycles. The van der Waals surface area contributed by atoms with Crippen molar-refractivity contribution in [3.05, 3.63) is 398 Å². The van der Waals surface area contributed by atoms with E-state index in [2.05, 4.69) is 423 Å². The molecule has 0 unspecified atom stereocenters. The van der Waals surface area contributed by atoms with Gasteiger partial charge in [0.1, 0.15) is 0 Å². The van der Waals surface area contributed by atoms with Gasteiger partial charge in [-0.2, -0.15) is 0 Å². The zero-order chi connectivity index (χ0) is 67.3. The Morgan fingerprint density at radius 2 is 0.360 bits per heavy atom. The van der Waals surface area contributed by atoms with Crippen LogP contribution in [0.4, 0.5) is 68.2 Å². The van der Waals surface area contributed by atoms with E-state index in [-0.39, 0.29) is 10.8 Å². The highest BCUT2D eigenvalue weighted by Crippen LogP contribution is 2.56. The quantitative estimate of drug-likeness (QED) is 0.108. The summed E-state index contributed by atoms with van der Waals surface area (Å²) in [7, 11) is 0. The Hall–Kier alpha value is -12.5. The molecule has 0 radical (unpaired) electrons. The van der Waals surface area contributed by atoms with Crippen LogP contribution in [0.5, 0.6) is 0 Å². The molecule has 0 spiro atoms. The summed E-state index contributed by atoms with van der Waals surface area (Å²) >= 11 is 0. The molecule has 0 saturated heterocycles. The van der Waals surface area contributed by atoms with Crippen LogP contribution in [-0.2, 0) is 10.8 Å². The molecule has 15 aromatic rings. The molecule has 15 aromatic carbocycles. The summed E-state index contributed by atoms with van der Waals surface area (Å²) < 4.78 is 0. The van der Waals surface area contributed by atoms with E-state index in [1.165, 1.54) is 101 Å². The number of benzene rings is 15. The van der Waals surface area contributed by atoms with E-state index in [9.17, 15) is 0 Å². The molecule has 4 nitrogen and oxygen atoms in total. The molecule has 17 rings (SSSR count). The summed E-state index contributed by atoms with van der Waals surface area (Å²) in [5.74, 6) is 0. The van der Waals surface area contributed by atoms with Gasteiger partial charge in [0, 0.05) is 56.3 Å². The average Bonchev–Trinajstić information content (AvgIpc) is 0.725. The fraction of sp³-hybridized carbons (Fsp3) is 0.0625. The maximum Gasteiger partial charge on any atom is 0.0503 e. The lowest BCUT2D eigenvalue weighted by atomic mass is 9.72. The first kappa shape index (κ1) is 61.1. The zero-order valence-electron chi connectivity index (χ0n) is 56.6. The normalized spacial score (nSPS) is 13.1. The zero-order valence-corrected chi connectivity index (χ0v) is 56.6. The van der Waals surface area contributed by atoms with Crippen molar-refractivity contribution in [3.8, 4) is 66.8 Å². The van der Waals surface area contributed by atoms with Crippen LogP contribution in [0.1, 0.15) is 49.9 Å². The molecule has 0 fully saturated rings. The first-order valence-corrected chi connectivity index (χ1v) is 34.7. The second-order valence-electron chi connectivity index (χ2n) is 27.4. The maximum absolute atomic E-state index is 2.46. The Labute approximate surface area is 587 Å². The first-order chi connectivity index (χ1) is 49.1. The number of hydrogen-bond acceptors (Lipinski definition) is 4. The summed E-state index contributed by atoms with van der Waals surface area (Å²) in [6, 6.07) is 138. The van der Waals surface area contributed by atoms with Crippen molar-refractivity contribution in [2.75, 3.05) is 19.6 Å². The molecule has 0 N–H and O–H groups in total. The molecule has 0 atom stereocenters. The van der Waals surface area contributed by atoms with Crippen molar-refractivity contribution < 1.29 is 0 Å². The SMILES string of the molecule is CC1(C)c2cc(-c3ccccc3)ccc2N(c2ccc(-c3ccccc3)cc2)c2ccc(-c3ccc(N(c4ccccc4)c4ccc(N(c5ccccc5)c5ccc(-c6ccc7c(c6)C(C)(C)c6cc(-c8ccccc8)ccc6N7c6ccc(-c7ccccc7)cc6)cc5)cc4)cc3)cc21. The van der Waals surface area contributed by atoms with Crippen LogP contribution >= 0.6 is 0 Å². The number of hydrogen-bond donors (Lipinski definition) is 0. The van der Waals surface area contributed by atoms with Crippen molar-refractivity contribution in [3.63, 3.8) is 0 Å². The number of fused-ring (bicyclic) bond motifs is 4. The minimum Gasteiger partial charge on any atom is -0.311 e. The fourth-order valence-electron chi connectivity index (χ4n) is 15.3. The van der Waals surface area contributed by atoms with E-state index in [1.807, 2.05) is 0 Å². The van der Waals surface area contributed by atoms with Crippen molar-refractivity contribution in [2.24, 2.45) is 0 Å². The lowest BCUT2D eigenvalue weighted by Gasteiger charge is -2.42. The van der Waals surface area contributed by atoms with Crippen LogP contribution in [0.2, 0.25) is 0 Å². The Balaban J connectivity index is 0.680. The van der Waals surface area contributed by atoms with Gasteiger partial charge in [0.25, 0.3) is 0 Å². The number of para-hydroxylation sites is 2. The molecule has 478 valence electrons. The third-order valence-corrected chi connectivity index (χ3v) is 20.6. The minimum atomic E-state index is -0.313. The van der Waals surface area contributed by atoms with Crippen LogP contribution in [0.25, 0.3) is 66.8 Å². The van der Waals surface area contributed by atoms with Gasteiger partial charge in [0.2, 0.25) is 0 Å².